The molecule has 110 valence electrons. The van der Waals surface area contributed by atoms with E-state index >= 15 is 0 Å². The van der Waals surface area contributed by atoms with E-state index in [1.165, 1.54) is 6.42 Å². The van der Waals surface area contributed by atoms with Crippen LogP contribution in [0.25, 0.3) is 0 Å². The molecule has 0 aromatic carbocycles. The highest BCUT2D eigenvalue weighted by Crippen LogP contribution is 2.16. The molecular weight excluding hydrogens is 246 g/mol. The lowest BCUT2D eigenvalue weighted by Crippen LogP contribution is -2.46. The van der Waals surface area contributed by atoms with Gasteiger partial charge in [0.15, 0.2) is 0 Å². The molecule has 2 saturated heterocycles. The third-order valence-corrected chi connectivity index (χ3v) is 4.02. The van der Waals surface area contributed by atoms with Crippen LogP contribution in [0.2, 0.25) is 0 Å². The van der Waals surface area contributed by atoms with Crippen molar-refractivity contribution in [3.63, 3.8) is 0 Å². The van der Waals surface area contributed by atoms with Crippen LogP contribution in [0.1, 0.15) is 19.3 Å². The van der Waals surface area contributed by atoms with Gasteiger partial charge in [0, 0.05) is 32.8 Å². The fraction of sp³-hybridized carbons (Fsp3) is 0.923. The number of nitrogens with zero attached hydrogens (tertiary/aromatic N) is 1. The topological polar surface area (TPSA) is 73.8 Å². The summed E-state index contributed by atoms with van der Waals surface area (Å²) < 4.78 is 5.10. The average molecular weight is 271 g/mol. The molecule has 3 unspecified atom stereocenters. The summed E-state index contributed by atoms with van der Waals surface area (Å²) in [6.45, 7) is 3.96. The third-order valence-electron chi connectivity index (χ3n) is 4.02. The zero-order chi connectivity index (χ0) is 13.7. The smallest absolute Gasteiger partial charge is 0.237 e. The van der Waals surface area contributed by atoms with Crippen molar-refractivity contribution in [2.24, 2.45) is 0 Å². The van der Waals surface area contributed by atoms with Crippen LogP contribution in [-0.2, 0) is 9.53 Å². The number of hydrogen-bond donors (Lipinski definition) is 3. The Hall–Kier alpha value is -0.690. The van der Waals surface area contributed by atoms with E-state index in [1.54, 1.807) is 7.11 Å². The SMILES string of the molecule is COCCN1CCCC1CNC(=O)C1CC(O)CN1. The molecule has 19 heavy (non-hydrogen) atoms. The standard InChI is InChI=1S/C13H25N3O3/c1-19-6-5-16-4-2-3-10(16)8-15-13(18)12-7-11(17)9-14-12/h10-12,14,17H,2-9H2,1H3,(H,15,18). The monoisotopic (exact) mass is 271 g/mol. The van der Waals surface area contributed by atoms with Crippen LogP contribution < -0.4 is 10.6 Å². The highest BCUT2D eigenvalue weighted by atomic mass is 16.5. The number of aliphatic hydroxyl groups is 1. The molecule has 0 aromatic rings. The van der Waals surface area contributed by atoms with Crippen LogP contribution in [0, 0.1) is 0 Å². The number of aliphatic hydroxyl groups excluding tert-OH is 1. The quantitative estimate of drug-likeness (QED) is 0.574. The normalized spacial score (nSPS) is 31.8. The second kappa shape index (κ2) is 7.19. The molecular formula is C13H25N3O3. The van der Waals surface area contributed by atoms with E-state index in [0.29, 0.717) is 25.6 Å². The lowest BCUT2D eigenvalue weighted by Gasteiger charge is -2.24. The first-order valence-corrected chi connectivity index (χ1v) is 7.13. The van der Waals surface area contributed by atoms with E-state index < -0.39 is 0 Å². The Morgan fingerprint density at radius 2 is 2.42 bits per heavy atom. The minimum atomic E-state index is -0.388. The van der Waals surface area contributed by atoms with Crippen LogP contribution in [0.4, 0.5) is 0 Å². The van der Waals surface area contributed by atoms with Gasteiger partial charge in [0.2, 0.25) is 5.91 Å². The first-order valence-electron chi connectivity index (χ1n) is 7.13. The zero-order valence-electron chi connectivity index (χ0n) is 11.6. The molecule has 0 radical (unpaired) electrons. The molecule has 6 nitrogen and oxygen atoms in total. The number of methoxy groups -OCH3 is 1. The molecule has 3 atom stereocenters. The molecule has 0 aromatic heterocycles. The summed E-state index contributed by atoms with van der Waals surface area (Å²) in [5, 5.41) is 15.4. The van der Waals surface area contributed by atoms with Gasteiger partial charge in [0.25, 0.3) is 0 Å². The zero-order valence-corrected chi connectivity index (χ0v) is 11.6. The molecule has 3 N–H and O–H groups in total. The molecule has 2 rings (SSSR count). The van der Waals surface area contributed by atoms with E-state index in [-0.39, 0.29) is 18.1 Å². The Morgan fingerprint density at radius 3 is 3.11 bits per heavy atom. The summed E-state index contributed by atoms with van der Waals surface area (Å²) in [6, 6.07) is 0.189. The van der Waals surface area contributed by atoms with Crippen molar-refractivity contribution in [3.8, 4) is 0 Å². The Balaban J connectivity index is 1.70. The number of carbonyl (C=O) groups excluding carboxylic acids is 1. The van der Waals surface area contributed by atoms with Crippen molar-refractivity contribution >= 4 is 5.91 Å². The molecule has 0 aliphatic carbocycles. The van der Waals surface area contributed by atoms with E-state index in [2.05, 4.69) is 15.5 Å². The number of nitrogens with one attached hydrogen (secondary N) is 2. The Bertz CT molecular complexity index is 301. The highest BCUT2D eigenvalue weighted by molar-refractivity contribution is 5.82. The average Bonchev–Trinajstić information content (AvgIpc) is 3.02. The fourth-order valence-corrected chi connectivity index (χ4v) is 2.89. The van der Waals surface area contributed by atoms with Gasteiger partial charge in [-0.15, -0.1) is 0 Å². The minimum Gasteiger partial charge on any atom is -0.392 e. The summed E-state index contributed by atoms with van der Waals surface area (Å²) in [5.41, 5.74) is 0. The van der Waals surface area contributed by atoms with Gasteiger partial charge in [0.05, 0.1) is 18.8 Å². The van der Waals surface area contributed by atoms with Crippen LogP contribution >= 0.6 is 0 Å². The molecule has 0 bridgehead atoms. The number of hydrogen-bond acceptors (Lipinski definition) is 5. The van der Waals surface area contributed by atoms with Gasteiger partial charge in [0.1, 0.15) is 0 Å². The number of amides is 1. The van der Waals surface area contributed by atoms with Crippen LogP contribution in [0.15, 0.2) is 0 Å². The molecule has 2 aliphatic rings. The van der Waals surface area contributed by atoms with Gasteiger partial charge in [-0.1, -0.05) is 0 Å². The van der Waals surface area contributed by atoms with E-state index in [4.69, 9.17) is 4.74 Å². The fourth-order valence-electron chi connectivity index (χ4n) is 2.89. The van der Waals surface area contributed by atoms with Crippen molar-refractivity contribution in [2.75, 3.05) is 39.9 Å². The molecule has 2 heterocycles. The van der Waals surface area contributed by atoms with Crippen LogP contribution in [-0.4, -0.2) is 74.0 Å². The Kier molecular flexibility index (Phi) is 5.57. The number of β-amino-alcohol motifs (C(OH)–C–C–N with tert-alkyl or cyclic N) is 1. The number of ether oxygens (including phenoxy) is 1. The number of rotatable bonds is 6. The van der Waals surface area contributed by atoms with E-state index in [0.717, 1.165) is 26.1 Å². The van der Waals surface area contributed by atoms with E-state index in [1.807, 2.05) is 0 Å². The van der Waals surface area contributed by atoms with E-state index in [9.17, 15) is 9.90 Å². The first-order chi connectivity index (χ1) is 9.20. The Morgan fingerprint density at radius 1 is 1.58 bits per heavy atom. The molecule has 6 heteroatoms. The maximum atomic E-state index is 11.9. The summed E-state index contributed by atoms with van der Waals surface area (Å²) in [5.74, 6) is 0.00939. The van der Waals surface area contributed by atoms with Gasteiger partial charge in [-0.2, -0.15) is 0 Å². The van der Waals surface area contributed by atoms with Gasteiger partial charge >= 0.3 is 0 Å². The minimum absolute atomic E-state index is 0.00939. The second-order valence-electron chi connectivity index (χ2n) is 5.42. The van der Waals surface area contributed by atoms with Gasteiger partial charge < -0.3 is 20.5 Å². The second-order valence-corrected chi connectivity index (χ2v) is 5.42. The van der Waals surface area contributed by atoms with Crippen molar-refractivity contribution in [2.45, 2.75) is 37.5 Å². The van der Waals surface area contributed by atoms with Gasteiger partial charge in [-0.25, -0.2) is 0 Å². The molecule has 0 saturated carbocycles. The highest BCUT2D eigenvalue weighted by Gasteiger charge is 2.29. The van der Waals surface area contributed by atoms with Crippen LogP contribution in [0.5, 0.6) is 0 Å². The predicted molar refractivity (Wildman–Crippen MR) is 71.9 cm³/mol. The summed E-state index contributed by atoms with van der Waals surface area (Å²) in [4.78, 5) is 14.3. The summed E-state index contributed by atoms with van der Waals surface area (Å²) in [7, 11) is 1.71. The lowest BCUT2D eigenvalue weighted by molar-refractivity contribution is -0.123. The van der Waals surface area contributed by atoms with Gasteiger partial charge in [-0.05, 0) is 25.8 Å². The summed E-state index contributed by atoms with van der Waals surface area (Å²) >= 11 is 0. The van der Waals surface area contributed by atoms with Crippen molar-refractivity contribution in [1.29, 1.82) is 0 Å². The van der Waals surface area contributed by atoms with Crippen molar-refractivity contribution < 1.29 is 14.6 Å². The number of likely N-dealkylation sites (tertiary alicyclic amines) is 1. The maximum Gasteiger partial charge on any atom is 0.237 e. The first kappa shape index (κ1) is 14.7. The molecule has 2 aliphatic heterocycles. The number of carbonyl (C=O) groups is 1. The third kappa shape index (κ3) is 4.14. The maximum absolute atomic E-state index is 11.9. The molecule has 1 amide bonds. The van der Waals surface area contributed by atoms with Gasteiger partial charge in [-0.3, -0.25) is 9.69 Å². The largest absolute Gasteiger partial charge is 0.392 e. The van der Waals surface area contributed by atoms with Crippen molar-refractivity contribution in [3.05, 3.63) is 0 Å². The predicted octanol–water partition coefficient (Wildman–Crippen LogP) is -1.06. The van der Waals surface area contributed by atoms with Crippen LogP contribution in [0.3, 0.4) is 0 Å². The molecule has 0 spiro atoms. The summed E-state index contributed by atoms with van der Waals surface area (Å²) in [6.07, 6.45) is 2.44. The Labute approximate surface area is 114 Å². The molecule has 2 fully saturated rings. The lowest BCUT2D eigenvalue weighted by atomic mass is 10.1. The van der Waals surface area contributed by atoms with Crippen molar-refractivity contribution in [1.82, 2.24) is 15.5 Å².